The van der Waals surface area contributed by atoms with Crippen LogP contribution in [0, 0.1) is 24.0 Å². The minimum absolute atomic E-state index is 0.0567. The minimum atomic E-state index is -0.449. The highest BCUT2D eigenvalue weighted by molar-refractivity contribution is 5.61. The molecule has 0 aromatic carbocycles. The summed E-state index contributed by atoms with van der Waals surface area (Å²) in [5.41, 5.74) is 0.900. The summed E-state index contributed by atoms with van der Waals surface area (Å²) in [6.45, 7) is 5.65. The zero-order valence-electron chi connectivity index (χ0n) is 12.4. The molecule has 0 saturated carbocycles. The van der Waals surface area contributed by atoms with Gasteiger partial charge in [-0.25, -0.2) is 4.98 Å². The van der Waals surface area contributed by atoms with Crippen LogP contribution in [0.15, 0.2) is 22.6 Å². The molecule has 2 heterocycles. The first-order valence-electron chi connectivity index (χ1n) is 6.59. The van der Waals surface area contributed by atoms with Gasteiger partial charge in [0.25, 0.3) is 0 Å². The van der Waals surface area contributed by atoms with Crippen molar-refractivity contribution in [2.75, 3.05) is 17.7 Å². The van der Waals surface area contributed by atoms with E-state index in [0.29, 0.717) is 5.82 Å². The summed E-state index contributed by atoms with van der Waals surface area (Å²) in [4.78, 5) is 14.9. The van der Waals surface area contributed by atoms with Crippen molar-refractivity contribution >= 4 is 17.3 Å². The Morgan fingerprint density at radius 1 is 1.38 bits per heavy atom. The SMILES string of the molecule is CNc1ccc([N+](=O)[O-])c(NC(C)c2cc(C)oc2C)n1. The van der Waals surface area contributed by atoms with Gasteiger partial charge in [0.15, 0.2) is 0 Å². The molecule has 0 bridgehead atoms. The summed E-state index contributed by atoms with van der Waals surface area (Å²) in [5, 5.41) is 17.1. The molecule has 7 nitrogen and oxygen atoms in total. The predicted octanol–water partition coefficient (Wildman–Crippen LogP) is 3.41. The number of nitrogens with zero attached hydrogens (tertiary/aromatic N) is 2. The molecule has 1 atom stereocenters. The standard InChI is InChI=1S/C14H18N4O3/c1-8-7-11(10(3)21-8)9(2)16-14-12(18(19)20)5-6-13(15-4)17-14/h5-7,9H,1-4H3,(H2,15,16,17). The van der Waals surface area contributed by atoms with Gasteiger partial charge in [0, 0.05) is 18.7 Å². The van der Waals surface area contributed by atoms with Crippen LogP contribution < -0.4 is 10.6 Å². The number of anilines is 2. The molecule has 0 aliphatic rings. The summed E-state index contributed by atoms with van der Waals surface area (Å²) in [7, 11) is 1.71. The lowest BCUT2D eigenvalue weighted by atomic mass is 10.1. The van der Waals surface area contributed by atoms with E-state index in [2.05, 4.69) is 15.6 Å². The fourth-order valence-electron chi connectivity index (χ4n) is 2.21. The first kappa shape index (κ1) is 14.8. The minimum Gasteiger partial charge on any atom is -0.466 e. The van der Waals surface area contributed by atoms with Gasteiger partial charge >= 0.3 is 5.69 Å². The Bertz CT molecular complexity index is 666. The van der Waals surface area contributed by atoms with E-state index in [1.807, 2.05) is 26.8 Å². The summed E-state index contributed by atoms with van der Waals surface area (Å²) in [6.07, 6.45) is 0. The van der Waals surface area contributed by atoms with Crippen molar-refractivity contribution in [3.63, 3.8) is 0 Å². The lowest BCUT2D eigenvalue weighted by molar-refractivity contribution is -0.384. The van der Waals surface area contributed by atoms with Crippen LogP contribution in [0.2, 0.25) is 0 Å². The zero-order valence-corrected chi connectivity index (χ0v) is 12.4. The third kappa shape index (κ3) is 3.13. The van der Waals surface area contributed by atoms with Crippen LogP contribution in [-0.2, 0) is 0 Å². The third-order valence-corrected chi connectivity index (χ3v) is 3.23. The molecule has 21 heavy (non-hydrogen) atoms. The van der Waals surface area contributed by atoms with Crippen LogP contribution in [0.3, 0.4) is 0 Å². The van der Waals surface area contributed by atoms with Gasteiger partial charge in [-0.3, -0.25) is 10.1 Å². The number of hydrogen-bond donors (Lipinski definition) is 2. The summed E-state index contributed by atoms with van der Waals surface area (Å²) < 4.78 is 5.49. The molecular formula is C14H18N4O3. The fourth-order valence-corrected chi connectivity index (χ4v) is 2.21. The van der Waals surface area contributed by atoms with Gasteiger partial charge in [0.1, 0.15) is 17.3 Å². The maximum Gasteiger partial charge on any atom is 0.311 e. The van der Waals surface area contributed by atoms with E-state index < -0.39 is 4.92 Å². The van der Waals surface area contributed by atoms with Crippen molar-refractivity contribution in [3.05, 3.63) is 45.4 Å². The Hall–Kier alpha value is -2.57. The quantitative estimate of drug-likeness (QED) is 0.647. The Morgan fingerprint density at radius 3 is 2.62 bits per heavy atom. The summed E-state index contributed by atoms with van der Waals surface area (Å²) >= 11 is 0. The van der Waals surface area contributed by atoms with E-state index in [1.165, 1.54) is 6.07 Å². The van der Waals surface area contributed by atoms with Crippen LogP contribution in [0.25, 0.3) is 0 Å². The first-order chi connectivity index (χ1) is 9.92. The molecule has 0 spiro atoms. The fraction of sp³-hybridized carbons (Fsp3) is 0.357. The number of hydrogen-bond acceptors (Lipinski definition) is 6. The second-order valence-electron chi connectivity index (χ2n) is 4.81. The highest BCUT2D eigenvalue weighted by Gasteiger charge is 2.20. The second kappa shape index (κ2) is 5.82. The van der Waals surface area contributed by atoms with E-state index >= 15 is 0 Å². The van der Waals surface area contributed by atoms with Crippen LogP contribution in [0.1, 0.15) is 30.0 Å². The normalized spacial score (nSPS) is 12.0. The summed E-state index contributed by atoms with van der Waals surface area (Å²) in [6, 6.07) is 4.77. The number of nitro groups is 1. The molecule has 2 aromatic rings. The van der Waals surface area contributed by atoms with Crippen molar-refractivity contribution < 1.29 is 9.34 Å². The van der Waals surface area contributed by atoms with Gasteiger partial charge in [-0.05, 0) is 32.9 Å². The summed E-state index contributed by atoms with van der Waals surface area (Å²) in [5.74, 6) is 2.40. The van der Waals surface area contributed by atoms with Gasteiger partial charge in [-0.15, -0.1) is 0 Å². The highest BCUT2D eigenvalue weighted by Crippen LogP contribution is 2.29. The smallest absolute Gasteiger partial charge is 0.311 e. The highest BCUT2D eigenvalue weighted by atomic mass is 16.6. The Balaban J connectivity index is 2.33. The van der Waals surface area contributed by atoms with Gasteiger partial charge in [0.2, 0.25) is 5.82 Å². The molecule has 2 rings (SSSR count). The molecular weight excluding hydrogens is 272 g/mol. The average Bonchev–Trinajstić information content (AvgIpc) is 2.77. The number of rotatable bonds is 5. The monoisotopic (exact) mass is 290 g/mol. The lowest BCUT2D eigenvalue weighted by Crippen LogP contribution is -2.11. The number of pyridine rings is 1. The molecule has 0 aliphatic carbocycles. The number of furan rings is 1. The van der Waals surface area contributed by atoms with Crippen LogP contribution in [0.4, 0.5) is 17.3 Å². The molecule has 0 radical (unpaired) electrons. The third-order valence-electron chi connectivity index (χ3n) is 3.23. The molecule has 0 amide bonds. The van der Waals surface area contributed by atoms with Crippen LogP contribution in [0.5, 0.6) is 0 Å². The van der Waals surface area contributed by atoms with E-state index in [1.54, 1.807) is 13.1 Å². The van der Waals surface area contributed by atoms with Gasteiger partial charge in [-0.2, -0.15) is 0 Å². The zero-order chi connectivity index (χ0) is 15.6. The van der Waals surface area contributed by atoms with Crippen LogP contribution >= 0.6 is 0 Å². The predicted molar refractivity (Wildman–Crippen MR) is 80.7 cm³/mol. The van der Waals surface area contributed by atoms with Crippen molar-refractivity contribution in [1.82, 2.24) is 4.98 Å². The Kier molecular flexibility index (Phi) is 4.11. The van der Waals surface area contributed by atoms with Gasteiger partial charge < -0.3 is 15.1 Å². The van der Waals surface area contributed by atoms with E-state index in [-0.39, 0.29) is 17.5 Å². The van der Waals surface area contributed by atoms with Crippen molar-refractivity contribution in [2.24, 2.45) is 0 Å². The molecule has 0 fully saturated rings. The molecule has 0 saturated heterocycles. The topological polar surface area (TPSA) is 93.2 Å². The van der Waals surface area contributed by atoms with Gasteiger partial charge in [0.05, 0.1) is 11.0 Å². The van der Waals surface area contributed by atoms with E-state index in [0.717, 1.165) is 17.1 Å². The van der Waals surface area contributed by atoms with E-state index in [4.69, 9.17) is 4.42 Å². The maximum absolute atomic E-state index is 11.1. The maximum atomic E-state index is 11.1. The molecule has 112 valence electrons. The Morgan fingerprint density at radius 2 is 2.10 bits per heavy atom. The van der Waals surface area contributed by atoms with Crippen molar-refractivity contribution in [1.29, 1.82) is 0 Å². The van der Waals surface area contributed by atoms with Crippen molar-refractivity contribution in [2.45, 2.75) is 26.8 Å². The molecule has 7 heteroatoms. The van der Waals surface area contributed by atoms with Crippen molar-refractivity contribution in [3.8, 4) is 0 Å². The molecule has 0 aliphatic heterocycles. The average molecular weight is 290 g/mol. The van der Waals surface area contributed by atoms with Gasteiger partial charge in [-0.1, -0.05) is 0 Å². The lowest BCUT2D eigenvalue weighted by Gasteiger charge is -2.14. The number of nitrogens with one attached hydrogen (secondary N) is 2. The number of aromatic nitrogens is 1. The Labute approximate surface area is 122 Å². The molecule has 2 N–H and O–H groups in total. The second-order valence-corrected chi connectivity index (χ2v) is 4.81. The largest absolute Gasteiger partial charge is 0.466 e. The van der Waals surface area contributed by atoms with E-state index in [9.17, 15) is 10.1 Å². The first-order valence-corrected chi connectivity index (χ1v) is 6.59. The molecule has 2 aromatic heterocycles. The number of aryl methyl sites for hydroxylation is 2. The molecule has 1 unspecified atom stereocenters. The van der Waals surface area contributed by atoms with Crippen LogP contribution in [-0.4, -0.2) is 17.0 Å².